The van der Waals surface area contributed by atoms with Crippen LogP contribution in [0.1, 0.15) is 18.7 Å². The minimum Gasteiger partial charge on any atom is -0.317 e. The summed E-state index contributed by atoms with van der Waals surface area (Å²) in [6, 6.07) is 4.00. The molecule has 0 bridgehead atoms. The van der Waals surface area contributed by atoms with Crippen molar-refractivity contribution in [2.24, 2.45) is 5.92 Å². The summed E-state index contributed by atoms with van der Waals surface area (Å²) in [7, 11) is 0. The van der Waals surface area contributed by atoms with E-state index in [9.17, 15) is 0 Å². The van der Waals surface area contributed by atoms with Crippen LogP contribution in [-0.2, 0) is 6.42 Å². The molecule has 1 aliphatic rings. The maximum absolute atomic E-state index is 6.19. The third-order valence-corrected chi connectivity index (χ3v) is 4.31. The molecule has 0 spiro atoms. The van der Waals surface area contributed by atoms with E-state index in [2.05, 4.69) is 30.6 Å². The van der Waals surface area contributed by atoms with Crippen LogP contribution in [0.5, 0.6) is 0 Å². The van der Waals surface area contributed by atoms with Crippen molar-refractivity contribution in [3.8, 4) is 0 Å². The van der Waals surface area contributed by atoms with Gasteiger partial charge in [0.25, 0.3) is 0 Å². The molecule has 2 aromatic heterocycles. The fraction of sp³-hybridized carbons (Fsp3) is 0.462. The summed E-state index contributed by atoms with van der Waals surface area (Å²) in [5.74, 6) is 1.79. The summed E-state index contributed by atoms with van der Waals surface area (Å²) >= 11 is 9.69. The van der Waals surface area contributed by atoms with E-state index in [1.807, 2.05) is 18.3 Å². The van der Waals surface area contributed by atoms with Crippen molar-refractivity contribution in [3.05, 3.63) is 33.8 Å². The molecular weight excluding hydrogens is 314 g/mol. The van der Waals surface area contributed by atoms with Crippen LogP contribution in [0.15, 0.2) is 22.8 Å². The van der Waals surface area contributed by atoms with Crippen molar-refractivity contribution in [2.75, 3.05) is 13.1 Å². The summed E-state index contributed by atoms with van der Waals surface area (Å²) < 4.78 is 3.16. The number of piperidine rings is 1. The maximum atomic E-state index is 6.19. The van der Waals surface area contributed by atoms with E-state index in [0.29, 0.717) is 11.1 Å². The van der Waals surface area contributed by atoms with Crippen molar-refractivity contribution < 1.29 is 0 Å². The summed E-state index contributed by atoms with van der Waals surface area (Å²) in [5, 5.41) is 3.99. The summed E-state index contributed by atoms with van der Waals surface area (Å²) in [4.78, 5) is 4.51. The topological polar surface area (TPSA) is 29.3 Å². The van der Waals surface area contributed by atoms with Gasteiger partial charge in [0.05, 0.1) is 5.52 Å². The van der Waals surface area contributed by atoms with Gasteiger partial charge in [0.1, 0.15) is 5.82 Å². The molecule has 2 aromatic rings. The first kappa shape index (κ1) is 12.5. The third-order valence-electron chi connectivity index (χ3n) is 3.56. The Morgan fingerprint density at radius 2 is 2.17 bits per heavy atom. The lowest BCUT2D eigenvalue weighted by Gasteiger charge is -2.21. The smallest absolute Gasteiger partial charge is 0.155 e. The fourth-order valence-electron chi connectivity index (χ4n) is 2.57. The minimum absolute atomic E-state index is 0.603. The molecule has 1 aliphatic heterocycles. The highest BCUT2D eigenvalue weighted by molar-refractivity contribution is 9.10. The number of fused-ring (bicyclic) bond motifs is 1. The van der Waals surface area contributed by atoms with E-state index in [0.717, 1.165) is 35.3 Å². The predicted molar refractivity (Wildman–Crippen MR) is 77.2 cm³/mol. The molecule has 3 nitrogen and oxygen atoms in total. The highest BCUT2D eigenvalue weighted by Crippen LogP contribution is 2.24. The molecule has 1 saturated heterocycles. The van der Waals surface area contributed by atoms with Gasteiger partial charge in [-0.2, -0.15) is 0 Å². The Morgan fingerprint density at radius 1 is 1.39 bits per heavy atom. The van der Waals surface area contributed by atoms with E-state index in [1.165, 1.54) is 12.8 Å². The number of imidazole rings is 1. The van der Waals surface area contributed by atoms with Crippen LogP contribution in [0.2, 0.25) is 5.15 Å². The van der Waals surface area contributed by atoms with Gasteiger partial charge in [-0.25, -0.2) is 4.98 Å². The van der Waals surface area contributed by atoms with Crippen LogP contribution >= 0.6 is 27.5 Å². The van der Waals surface area contributed by atoms with Gasteiger partial charge in [-0.1, -0.05) is 11.6 Å². The van der Waals surface area contributed by atoms with Crippen LogP contribution in [0.4, 0.5) is 0 Å². The largest absolute Gasteiger partial charge is 0.317 e. The summed E-state index contributed by atoms with van der Waals surface area (Å²) in [6.07, 6.45) is 5.50. The minimum atomic E-state index is 0.603. The van der Waals surface area contributed by atoms with Gasteiger partial charge in [-0.15, -0.1) is 0 Å². The molecule has 96 valence electrons. The number of hydrogen-bond donors (Lipinski definition) is 1. The summed E-state index contributed by atoms with van der Waals surface area (Å²) in [6.45, 7) is 2.23. The molecular formula is C13H15BrClN3. The van der Waals surface area contributed by atoms with Crippen molar-refractivity contribution in [2.45, 2.75) is 19.3 Å². The SMILES string of the molecule is Clc1nc(CC2CCNCC2)n2cc(Br)ccc12. The first-order valence-electron chi connectivity index (χ1n) is 6.27. The molecule has 0 saturated carbocycles. The number of halogens is 2. The van der Waals surface area contributed by atoms with Crippen molar-refractivity contribution in [1.29, 1.82) is 0 Å². The predicted octanol–water partition coefficient (Wildman–Crippen LogP) is 3.29. The van der Waals surface area contributed by atoms with Gasteiger partial charge < -0.3 is 9.72 Å². The molecule has 0 aliphatic carbocycles. The fourth-order valence-corrected chi connectivity index (χ4v) is 3.16. The van der Waals surface area contributed by atoms with Gasteiger partial charge in [-0.3, -0.25) is 0 Å². The molecule has 0 aromatic carbocycles. The van der Waals surface area contributed by atoms with Crippen molar-refractivity contribution >= 4 is 33.0 Å². The Bertz CT molecular complexity index is 561. The van der Waals surface area contributed by atoms with Crippen molar-refractivity contribution in [3.63, 3.8) is 0 Å². The number of hydrogen-bond acceptors (Lipinski definition) is 2. The van der Waals surface area contributed by atoms with Crippen LogP contribution in [0.25, 0.3) is 5.52 Å². The average Bonchev–Trinajstić information content (AvgIpc) is 2.67. The lowest BCUT2D eigenvalue weighted by Crippen LogP contribution is -2.29. The zero-order valence-corrected chi connectivity index (χ0v) is 12.3. The van der Waals surface area contributed by atoms with Gasteiger partial charge in [0.15, 0.2) is 5.15 Å². The van der Waals surface area contributed by atoms with E-state index in [4.69, 9.17) is 11.6 Å². The van der Waals surface area contributed by atoms with Crippen LogP contribution in [0.3, 0.4) is 0 Å². The van der Waals surface area contributed by atoms with Crippen LogP contribution < -0.4 is 5.32 Å². The molecule has 0 atom stereocenters. The van der Waals surface area contributed by atoms with Crippen LogP contribution in [-0.4, -0.2) is 22.5 Å². The highest BCUT2D eigenvalue weighted by atomic mass is 79.9. The third kappa shape index (κ3) is 2.42. The normalized spacial score (nSPS) is 17.4. The Labute approximate surface area is 120 Å². The molecule has 0 unspecified atom stereocenters. The van der Waals surface area contributed by atoms with Gasteiger partial charge in [0.2, 0.25) is 0 Å². The van der Waals surface area contributed by atoms with E-state index < -0.39 is 0 Å². The standard InChI is InChI=1S/C13H15BrClN3/c14-10-1-2-11-13(15)17-12(18(11)8-10)7-9-3-5-16-6-4-9/h1-2,8-9,16H,3-7H2. The van der Waals surface area contributed by atoms with Gasteiger partial charge in [-0.05, 0) is 59.9 Å². The molecule has 0 amide bonds. The van der Waals surface area contributed by atoms with E-state index in [-0.39, 0.29) is 0 Å². The molecule has 18 heavy (non-hydrogen) atoms. The highest BCUT2D eigenvalue weighted by Gasteiger charge is 2.17. The second-order valence-corrected chi connectivity index (χ2v) is 6.09. The molecule has 5 heteroatoms. The molecule has 1 fully saturated rings. The average molecular weight is 329 g/mol. The quantitative estimate of drug-likeness (QED) is 0.916. The zero-order chi connectivity index (χ0) is 12.5. The lowest BCUT2D eigenvalue weighted by atomic mass is 9.94. The Kier molecular flexibility index (Phi) is 3.59. The molecule has 1 N–H and O–H groups in total. The van der Waals surface area contributed by atoms with E-state index >= 15 is 0 Å². The number of pyridine rings is 1. The second-order valence-electron chi connectivity index (χ2n) is 4.82. The first-order valence-corrected chi connectivity index (χ1v) is 7.44. The van der Waals surface area contributed by atoms with Crippen LogP contribution in [0, 0.1) is 5.92 Å². The van der Waals surface area contributed by atoms with Gasteiger partial charge in [0, 0.05) is 17.1 Å². The molecule has 0 radical (unpaired) electrons. The molecule has 3 rings (SSSR count). The molecule has 3 heterocycles. The number of nitrogens with one attached hydrogen (secondary N) is 1. The number of rotatable bonds is 2. The van der Waals surface area contributed by atoms with Crippen molar-refractivity contribution in [1.82, 2.24) is 14.7 Å². The zero-order valence-electron chi connectivity index (χ0n) is 10.00. The monoisotopic (exact) mass is 327 g/mol. The van der Waals surface area contributed by atoms with Gasteiger partial charge >= 0.3 is 0 Å². The maximum Gasteiger partial charge on any atom is 0.155 e. The summed E-state index contributed by atoms with van der Waals surface area (Å²) in [5.41, 5.74) is 0.990. The Morgan fingerprint density at radius 3 is 2.94 bits per heavy atom. The lowest BCUT2D eigenvalue weighted by molar-refractivity contribution is 0.367. The number of nitrogens with zero attached hydrogens (tertiary/aromatic N) is 2. The Hall–Kier alpha value is -0.580. The van der Waals surface area contributed by atoms with E-state index in [1.54, 1.807) is 0 Å². The first-order chi connectivity index (χ1) is 8.74. The second kappa shape index (κ2) is 5.19. The Balaban J connectivity index is 1.93. The number of aromatic nitrogens is 2.